The summed E-state index contributed by atoms with van der Waals surface area (Å²) in [7, 11) is 0. The molecule has 2 rings (SSSR count). The number of hydrogen-bond acceptors (Lipinski definition) is 6. The number of carbonyl (C=O) groups is 1. The molecule has 104 valence electrons. The molecule has 5 nitrogen and oxygen atoms in total. The summed E-state index contributed by atoms with van der Waals surface area (Å²) in [6.07, 6.45) is 2.29. The van der Waals surface area contributed by atoms with E-state index in [1.807, 2.05) is 0 Å². The summed E-state index contributed by atoms with van der Waals surface area (Å²) in [6, 6.07) is 0.388. The van der Waals surface area contributed by atoms with E-state index in [9.17, 15) is 4.79 Å². The Balaban J connectivity index is 0.00000144. The van der Waals surface area contributed by atoms with E-state index in [0.29, 0.717) is 16.7 Å². The number of nitrogens with zero attached hydrogens (tertiary/aromatic N) is 1. The van der Waals surface area contributed by atoms with Gasteiger partial charge in [0.2, 0.25) is 0 Å². The van der Waals surface area contributed by atoms with Gasteiger partial charge in [0, 0.05) is 19.5 Å². The molecule has 0 aliphatic carbocycles. The van der Waals surface area contributed by atoms with Crippen LogP contribution in [0.2, 0.25) is 0 Å². The molecule has 1 atom stereocenters. The lowest BCUT2D eigenvalue weighted by Crippen LogP contribution is -2.38. The van der Waals surface area contributed by atoms with E-state index in [-0.39, 0.29) is 30.6 Å². The Morgan fingerprint density at radius 2 is 2.28 bits per heavy atom. The Morgan fingerprint density at radius 3 is 2.78 bits per heavy atom. The standard InChI is InChI=1S/C10H16N4OS.2ClH/c1-6(15)8-9(11)14-10(16-8)13-7-3-2-4-12-5-7;;/h7,12H,2-5,11H2,1H3,(H,13,14);2*1H. The van der Waals surface area contributed by atoms with Crippen LogP contribution < -0.4 is 16.4 Å². The third kappa shape index (κ3) is 4.28. The Bertz CT molecular complexity index is 393. The van der Waals surface area contributed by atoms with E-state index < -0.39 is 0 Å². The monoisotopic (exact) mass is 312 g/mol. The number of anilines is 2. The average molecular weight is 313 g/mol. The van der Waals surface area contributed by atoms with Gasteiger partial charge in [0.05, 0.1) is 0 Å². The fourth-order valence-corrected chi connectivity index (χ4v) is 2.65. The van der Waals surface area contributed by atoms with Crippen molar-refractivity contribution >= 4 is 52.9 Å². The molecule has 1 fully saturated rings. The Labute approximate surface area is 123 Å². The zero-order valence-electron chi connectivity index (χ0n) is 10.1. The number of hydrogen-bond donors (Lipinski definition) is 3. The minimum Gasteiger partial charge on any atom is -0.382 e. The molecular weight excluding hydrogens is 295 g/mol. The average Bonchev–Trinajstić information content (AvgIpc) is 2.61. The molecule has 1 unspecified atom stereocenters. The number of carbonyl (C=O) groups excluding carboxylic acids is 1. The lowest BCUT2D eigenvalue weighted by atomic mass is 10.1. The van der Waals surface area contributed by atoms with Crippen molar-refractivity contribution in [2.45, 2.75) is 25.8 Å². The first-order valence-corrected chi connectivity index (χ1v) is 6.23. The minimum atomic E-state index is -0.0233. The first-order chi connectivity index (χ1) is 7.66. The van der Waals surface area contributed by atoms with E-state index >= 15 is 0 Å². The van der Waals surface area contributed by atoms with Crippen molar-refractivity contribution < 1.29 is 4.79 Å². The fraction of sp³-hybridized carbons (Fsp3) is 0.600. The number of nitrogens with one attached hydrogen (secondary N) is 2. The molecule has 1 saturated heterocycles. The van der Waals surface area contributed by atoms with Crippen molar-refractivity contribution in [2.24, 2.45) is 0 Å². The number of nitrogens with two attached hydrogens (primary N) is 1. The topological polar surface area (TPSA) is 80.0 Å². The summed E-state index contributed by atoms with van der Waals surface area (Å²) in [4.78, 5) is 15.9. The van der Waals surface area contributed by atoms with Crippen molar-refractivity contribution in [3.63, 3.8) is 0 Å². The zero-order valence-corrected chi connectivity index (χ0v) is 12.5. The van der Waals surface area contributed by atoms with Crippen LogP contribution >= 0.6 is 36.2 Å². The van der Waals surface area contributed by atoms with Crippen LogP contribution in [0.15, 0.2) is 0 Å². The fourth-order valence-electron chi connectivity index (χ4n) is 1.80. The number of thiazole rings is 1. The molecule has 0 saturated carbocycles. The number of piperidine rings is 1. The minimum absolute atomic E-state index is 0. The predicted octanol–water partition coefficient (Wildman–Crippen LogP) is 1.94. The van der Waals surface area contributed by atoms with Gasteiger partial charge in [-0.3, -0.25) is 4.79 Å². The van der Waals surface area contributed by atoms with E-state index in [2.05, 4.69) is 15.6 Å². The van der Waals surface area contributed by atoms with Crippen molar-refractivity contribution in [3.8, 4) is 0 Å². The highest BCUT2D eigenvalue weighted by atomic mass is 35.5. The van der Waals surface area contributed by atoms with Gasteiger partial charge in [-0.25, -0.2) is 4.98 Å². The van der Waals surface area contributed by atoms with E-state index in [1.165, 1.54) is 18.3 Å². The molecule has 1 aliphatic heterocycles. The van der Waals surface area contributed by atoms with Gasteiger partial charge < -0.3 is 16.4 Å². The van der Waals surface area contributed by atoms with Crippen LogP contribution in [0.5, 0.6) is 0 Å². The highest BCUT2D eigenvalue weighted by Gasteiger charge is 2.17. The van der Waals surface area contributed by atoms with Gasteiger partial charge in [-0.15, -0.1) is 24.8 Å². The highest BCUT2D eigenvalue weighted by Crippen LogP contribution is 2.26. The van der Waals surface area contributed by atoms with Crippen LogP contribution in [0, 0.1) is 0 Å². The van der Waals surface area contributed by atoms with E-state index in [1.54, 1.807) is 0 Å². The summed E-state index contributed by atoms with van der Waals surface area (Å²) in [6.45, 7) is 3.53. The molecular formula is C10H18Cl2N4OS. The summed E-state index contributed by atoms with van der Waals surface area (Å²) in [5.41, 5.74) is 5.67. The van der Waals surface area contributed by atoms with Gasteiger partial charge in [0.15, 0.2) is 10.9 Å². The second-order valence-electron chi connectivity index (χ2n) is 3.98. The number of nitrogen functional groups attached to an aromatic ring is 1. The Morgan fingerprint density at radius 1 is 1.56 bits per heavy atom. The maximum absolute atomic E-state index is 11.2. The van der Waals surface area contributed by atoms with Crippen LogP contribution in [-0.2, 0) is 0 Å². The predicted molar refractivity (Wildman–Crippen MR) is 80.5 cm³/mol. The van der Waals surface area contributed by atoms with Crippen LogP contribution in [0.3, 0.4) is 0 Å². The number of halogens is 2. The molecule has 0 bridgehead atoms. The molecule has 18 heavy (non-hydrogen) atoms. The van der Waals surface area contributed by atoms with E-state index in [0.717, 1.165) is 31.1 Å². The first-order valence-electron chi connectivity index (χ1n) is 5.41. The molecule has 4 N–H and O–H groups in total. The quantitative estimate of drug-likeness (QED) is 0.743. The van der Waals surface area contributed by atoms with Crippen LogP contribution in [0.25, 0.3) is 0 Å². The lowest BCUT2D eigenvalue weighted by Gasteiger charge is -2.23. The first kappa shape index (κ1) is 17.4. The van der Waals surface area contributed by atoms with Crippen molar-refractivity contribution in [1.29, 1.82) is 0 Å². The normalized spacial score (nSPS) is 18.4. The summed E-state index contributed by atoms with van der Waals surface area (Å²) < 4.78 is 0. The molecule has 8 heteroatoms. The third-order valence-corrected chi connectivity index (χ3v) is 3.70. The van der Waals surface area contributed by atoms with Gasteiger partial charge in [0.25, 0.3) is 0 Å². The lowest BCUT2D eigenvalue weighted by molar-refractivity contribution is 0.102. The maximum atomic E-state index is 11.2. The van der Waals surface area contributed by atoms with Crippen LogP contribution in [0.1, 0.15) is 29.4 Å². The largest absolute Gasteiger partial charge is 0.382 e. The van der Waals surface area contributed by atoms with E-state index in [4.69, 9.17) is 5.73 Å². The molecule has 0 radical (unpaired) electrons. The maximum Gasteiger partial charge on any atom is 0.185 e. The molecule has 0 spiro atoms. The molecule has 2 heterocycles. The van der Waals surface area contributed by atoms with Gasteiger partial charge in [0.1, 0.15) is 10.7 Å². The van der Waals surface area contributed by atoms with Gasteiger partial charge in [-0.1, -0.05) is 11.3 Å². The Kier molecular flexibility index (Phi) is 7.54. The number of Topliss-reactive ketones (excluding diaryl/α,β-unsaturated/α-hetero) is 1. The molecule has 1 aromatic rings. The van der Waals surface area contributed by atoms with Crippen LogP contribution in [-0.4, -0.2) is 29.9 Å². The number of rotatable bonds is 3. The number of ketones is 1. The SMILES string of the molecule is CC(=O)c1sc(NC2CCCNC2)nc1N.Cl.Cl. The van der Waals surface area contributed by atoms with Gasteiger partial charge in [-0.2, -0.15) is 0 Å². The van der Waals surface area contributed by atoms with Gasteiger partial charge >= 0.3 is 0 Å². The van der Waals surface area contributed by atoms with Crippen molar-refractivity contribution in [2.75, 3.05) is 24.1 Å². The van der Waals surface area contributed by atoms with Crippen molar-refractivity contribution in [3.05, 3.63) is 4.88 Å². The smallest absolute Gasteiger partial charge is 0.185 e. The van der Waals surface area contributed by atoms with Crippen LogP contribution in [0.4, 0.5) is 10.9 Å². The molecule has 1 aromatic heterocycles. The second-order valence-corrected chi connectivity index (χ2v) is 4.98. The molecule has 0 amide bonds. The van der Waals surface area contributed by atoms with Crippen molar-refractivity contribution in [1.82, 2.24) is 10.3 Å². The molecule has 1 aliphatic rings. The summed E-state index contributed by atoms with van der Waals surface area (Å²) in [5.74, 6) is 0.314. The molecule has 0 aromatic carbocycles. The second kappa shape index (κ2) is 7.78. The van der Waals surface area contributed by atoms with Gasteiger partial charge in [-0.05, 0) is 19.4 Å². The Hall–Kier alpha value is -0.560. The third-order valence-electron chi connectivity index (χ3n) is 2.60. The summed E-state index contributed by atoms with van der Waals surface area (Å²) >= 11 is 1.34. The summed E-state index contributed by atoms with van der Waals surface area (Å²) in [5, 5.41) is 7.37. The number of aromatic nitrogens is 1. The highest BCUT2D eigenvalue weighted by molar-refractivity contribution is 7.18. The zero-order chi connectivity index (χ0) is 11.5.